The summed E-state index contributed by atoms with van der Waals surface area (Å²) >= 11 is 0. The molecule has 0 aliphatic rings. The lowest BCUT2D eigenvalue weighted by Crippen LogP contribution is -2.40. The van der Waals surface area contributed by atoms with Crippen LogP contribution >= 0.6 is 0 Å². The fraction of sp³-hybridized carbons (Fsp3) is 0.522. The predicted molar refractivity (Wildman–Crippen MR) is 115 cm³/mol. The van der Waals surface area contributed by atoms with E-state index in [1.807, 2.05) is 32.9 Å². The van der Waals surface area contributed by atoms with Crippen LogP contribution in [0.2, 0.25) is 13.1 Å². The molecular weight excluding hydrogens is 336 g/mol. The molecule has 0 bridgehead atoms. The zero-order valence-electron chi connectivity index (χ0n) is 17.5. The van der Waals surface area contributed by atoms with Gasteiger partial charge in [0, 0.05) is 0 Å². The first-order valence-corrected chi connectivity index (χ1v) is 12.9. The Morgan fingerprint density at radius 3 is 2.31 bits per heavy atom. The topological polar surface area (TPSA) is 26.3 Å². The van der Waals surface area contributed by atoms with Crippen LogP contribution in [0.3, 0.4) is 0 Å². The van der Waals surface area contributed by atoms with Gasteiger partial charge in [0.25, 0.3) is 0 Å². The number of rotatable bonds is 9. The van der Waals surface area contributed by atoms with Gasteiger partial charge in [-0.05, 0) is 33.6 Å². The van der Waals surface area contributed by atoms with Crippen LogP contribution in [0, 0.1) is 0 Å². The first-order valence-electron chi connectivity index (χ1n) is 9.84. The van der Waals surface area contributed by atoms with E-state index in [1.165, 1.54) is 30.9 Å². The zero-order chi connectivity index (χ0) is 19.6. The Morgan fingerprint density at radius 1 is 1.08 bits per heavy atom. The van der Waals surface area contributed by atoms with E-state index in [0.717, 1.165) is 6.42 Å². The highest BCUT2D eigenvalue weighted by atomic mass is 28.3. The van der Waals surface area contributed by atoms with E-state index in [-0.39, 0.29) is 5.97 Å². The van der Waals surface area contributed by atoms with Crippen molar-refractivity contribution in [2.24, 2.45) is 0 Å². The molecule has 1 rings (SSSR count). The van der Waals surface area contributed by atoms with Crippen molar-refractivity contribution in [3.63, 3.8) is 0 Å². The van der Waals surface area contributed by atoms with Gasteiger partial charge >= 0.3 is 5.97 Å². The van der Waals surface area contributed by atoms with Crippen LogP contribution in [-0.2, 0) is 9.53 Å². The van der Waals surface area contributed by atoms with Crippen LogP contribution < -0.4 is 5.19 Å². The average Bonchev–Trinajstić information content (AvgIpc) is 2.56. The Kier molecular flexibility index (Phi) is 9.07. The highest BCUT2D eigenvalue weighted by Gasteiger charge is 2.25. The maximum absolute atomic E-state index is 12.7. The minimum absolute atomic E-state index is 0.223. The van der Waals surface area contributed by atoms with Gasteiger partial charge in [0.15, 0.2) is 0 Å². The number of benzene rings is 1. The standard InChI is InChI=1S/C23H36O2Si/c1-7-8-9-10-11-13-16-20(22(24)25-23(2,3)4)19-26(5,6)21-17-14-12-15-18-21/h12-19H,7-11H2,1-6H3/b16-13+,20-19-. The van der Waals surface area contributed by atoms with Crippen molar-refractivity contribution in [3.8, 4) is 0 Å². The van der Waals surface area contributed by atoms with Crippen molar-refractivity contribution in [1.82, 2.24) is 0 Å². The molecule has 1 aromatic rings. The molecular formula is C23H36O2Si. The third-order valence-corrected chi connectivity index (χ3v) is 7.04. The van der Waals surface area contributed by atoms with E-state index in [1.54, 1.807) is 0 Å². The number of esters is 1. The van der Waals surface area contributed by atoms with Crippen molar-refractivity contribution >= 4 is 19.2 Å². The molecule has 0 saturated carbocycles. The average molecular weight is 373 g/mol. The number of carbonyl (C=O) groups is 1. The molecule has 0 saturated heterocycles. The summed E-state index contributed by atoms with van der Waals surface area (Å²) < 4.78 is 5.64. The molecule has 0 atom stereocenters. The van der Waals surface area contributed by atoms with Crippen LogP contribution in [0.5, 0.6) is 0 Å². The smallest absolute Gasteiger partial charge is 0.337 e. The van der Waals surface area contributed by atoms with Crippen molar-refractivity contribution < 1.29 is 9.53 Å². The van der Waals surface area contributed by atoms with Crippen molar-refractivity contribution in [2.45, 2.75) is 78.5 Å². The summed E-state index contributed by atoms with van der Waals surface area (Å²) in [5.74, 6) is -0.223. The lowest BCUT2D eigenvalue weighted by atomic mass is 10.1. The molecule has 3 heteroatoms. The Labute approximate surface area is 161 Å². The molecule has 144 valence electrons. The van der Waals surface area contributed by atoms with Crippen LogP contribution in [0.4, 0.5) is 0 Å². The number of carbonyl (C=O) groups excluding carboxylic acids is 1. The van der Waals surface area contributed by atoms with Gasteiger partial charge in [-0.25, -0.2) is 4.79 Å². The lowest BCUT2D eigenvalue weighted by molar-refractivity contribution is -0.149. The largest absolute Gasteiger partial charge is 0.456 e. The molecule has 0 aromatic heterocycles. The van der Waals surface area contributed by atoms with Crippen molar-refractivity contribution in [2.75, 3.05) is 0 Å². The molecule has 0 heterocycles. The Bertz CT molecular complexity index is 607. The third-order valence-electron chi connectivity index (χ3n) is 4.19. The number of allylic oxidation sites excluding steroid dienone is 1. The quantitative estimate of drug-likeness (QED) is 0.176. The number of ether oxygens (including phenoxy) is 1. The van der Waals surface area contributed by atoms with Crippen LogP contribution in [0.25, 0.3) is 0 Å². The predicted octanol–water partition coefficient (Wildman–Crippen LogP) is 5.94. The highest BCUT2D eigenvalue weighted by Crippen LogP contribution is 2.16. The maximum Gasteiger partial charge on any atom is 0.337 e. The Hall–Kier alpha value is -1.61. The summed E-state index contributed by atoms with van der Waals surface area (Å²) in [6.45, 7) is 12.5. The summed E-state index contributed by atoms with van der Waals surface area (Å²) in [6, 6.07) is 10.5. The molecule has 0 aliphatic heterocycles. The molecule has 0 N–H and O–H groups in total. The Balaban J connectivity index is 2.99. The summed E-state index contributed by atoms with van der Waals surface area (Å²) in [7, 11) is -1.88. The second-order valence-corrected chi connectivity index (χ2v) is 12.8. The molecule has 2 nitrogen and oxygen atoms in total. The normalized spacial score (nSPS) is 13.2. The molecule has 0 spiro atoms. The summed E-state index contributed by atoms with van der Waals surface area (Å²) in [6.07, 6.45) is 10.0. The highest BCUT2D eigenvalue weighted by molar-refractivity contribution is 6.94. The summed E-state index contributed by atoms with van der Waals surface area (Å²) in [5, 5.41) is 1.32. The van der Waals surface area contributed by atoms with E-state index in [4.69, 9.17) is 4.74 Å². The first kappa shape index (κ1) is 22.4. The van der Waals surface area contributed by atoms with Crippen molar-refractivity contribution in [1.29, 1.82) is 0 Å². The monoisotopic (exact) mass is 372 g/mol. The molecule has 26 heavy (non-hydrogen) atoms. The minimum Gasteiger partial charge on any atom is -0.456 e. The summed E-state index contributed by atoms with van der Waals surface area (Å²) in [4.78, 5) is 12.7. The second-order valence-electron chi connectivity index (χ2n) is 8.44. The molecule has 0 amide bonds. The molecule has 0 fully saturated rings. The Morgan fingerprint density at radius 2 is 1.73 bits per heavy atom. The van der Waals surface area contributed by atoms with Crippen LogP contribution in [-0.4, -0.2) is 19.6 Å². The second kappa shape index (κ2) is 10.5. The number of unbranched alkanes of at least 4 members (excludes halogenated alkanes) is 4. The first-order chi connectivity index (χ1) is 12.2. The number of hydrogen-bond acceptors (Lipinski definition) is 2. The van der Waals surface area contributed by atoms with Crippen LogP contribution in [0.15, 0.2) is 53.8 Å². The van der Waals surface area contributed by atoms with Crippen molar-refractivity contribution in [3.05, 3.63) is 53.8 Å². The van der Waals surface area contributed by atoms with E-state index < -0.39 is 13.7 Å². The fourth-order valence-corrected chi connectivity index (χ4v) is 4.96. The van der Waals surface area contributed by atoms with Gasteiger partial charge in [-0.2, -0.15) is 0 Å². The van der Waals surface area contributed by atoms with Gasteiger partial charge < -0.3 is 4.74 Å². The van der Waals surface area contributed by atoms with E-state index in [2.05, 4.69) is 56.1 Å². The molecule has 0 radical (unpaired) electrons. The van der Waals surface area contributed by atoms with Gasteiger partial charge in [-0.15, -0.1) is 0 Å². The summed E-state index contributed by atoms with van der Waals surface area (Å²) in [5.41, 5.74) is 2.37. The van der Waals surface area contributed by atoms with E-state index in [9.17, 15) is 4.79 Å². The van der Waals surface area contributed by atoms with Gasteiger partial charge in [-0.3, -0.25) is 0 Å². The third kappa shape index (κ3) is 8.66. The van der Waals surface area contributed by atoms with Gasteiger partial charge in [-0.1, -0.05) is 92.7 Å². The molecule has 1 aromatic carbocycles. The maximum atomic E-state index is 12.7. The van der Waals surface area contributed by atoms with Gasteiger partial charge in [0.05, 0.1) is 5.57 Å². The number of hydrogen-bond donors (Lipinski definition) is 0. The van der Waals surface area contributed by atoms with E-state index in [0.29, 0.717) is 5.57 Å². The fourth-order valence-electron chi connectivity index (χ4n) is 2.75. The van der Waals surface area contributed by atoms with Crippen LogP contribution in [0.1, 0.15) is 59.8 Å². The minimum atomic E-state index is -1.88. The zero-order valence-corrected chi connectivity index (χ0v) is 18.5. The van der Waals surface area contributed by atoms with E-state index >= 15 is 0 Å². The van der Waals surface area contributed by atoms with Gasteiger partial charge in [0.2, 0.25) is 0 Å². The molecule has 0 unspecified atom stereocenters. The lowest BCUT2D eigenvalue weighted by Gasteiger charge is -2.23. The SMILES string of the molecule is CCCCCC/C=C/C(=C/[Si](C)(C)c1ccccc1)C(=O)OC(C)(C)C. The molecule has 0 aliphatic carbocycles. The van der Waals surface area contributed by atoms with Gasteiger partial charge in [0.1, 0.15) is 13.7 Å².